The highest BCUT2D eigenvalue weighted by atomic mass is 32.2. The summed E-state index contributed by atoms with van der Waals surface area (Å²) < 4.78 is 15.7. The van der Waals surface area contributed by atoms with Crippen molar-refractivity contribution in [3.05, 3.63) is 0 Å². The van der Waals surface area contributed by atoms with Gasteiger partial charge in [-0.3, -0.25) is 0 Å². The molecule has 1 rings (SSSR count). The van der Waals surface area contributed by atoms with E-state index in [2.05, 4.69) is 26.1 Å². The van der Waals surface area contributed by atoms with Crippen molar-refractivity contribution in [2.75, 3.05) is 33.7 Å². The standard InChI is InChI=1S/C10H23N3OS/c1-10(2,3)9(11-4)8-13-7-6-12(5)15(13)14/h9,11H,6-8H2,1-5H3/t9-,15?/m1/s1. The molecule has 1 saturated heterocycles. The minimum absolute atomic E-state index is 0.195. The third kappa shape index (κ3) is 3.24. The summed E-state index contributed by atoms with van der Waals surface area (Å²) in [7, 11) is 3.88. The zero-order valence-corrected chi connectivity index (χ0v) is 11.2. The Morgan fingerprint density at radius 3 is 2.33 bits per heavy atom. The van der Waals surface area contributed by atoms with Crippen LogP contribution in [0, 0.1) is 5.41 Å². The summed E-state index contributed by atoms with van der Waals surface area (Å²) in [4.78, 5) is 0. The second kappa shape index (κ2) is 4.91. The molecule has 1 fully saturated rings. The predicted molar refractivity (Wildman–Crippen MR) is 64.6 cm³/mol. The summed E-state index contributed by atoms with van der Waals surface area (Å²) in [6.07, 6.45) is 0. The predicted octanol–water partition coefficient (Wildman–Crippen LogP) is 0.447. The first-order valence-electron chi connectivity index (χ1n) is 5.41. The third-order valence-electron chi connectivity index (χ3n) is 2.93. The van der Waals surface area contributed by atoms with Crippen LogP contribution in [0.25, 0.3) is 0 Å². The van der Waals surface area contributed by atoms with Crippen molar-refractivity contribution in [2.45, 2.75) is 26.8 Å². The molecular weight excluding hydrogens is 210 g/mol. The van der Waals surface area contributed by atoms with Gasteiger partial charge in [0.1, 0.15) is 0 Å². The topological polar surface area (TPSA) is 35.6 Å². The Hall–Kier alpha value is 0.0300. The SMILES string of the molecule is CN[C@H](CN1CCN(C)S1=O)C(C)(C)C. The molecule has 0 aromatic rings. The van der Waals surface area contributed by atoms with Crippen molar-refractivity contribution >= 4 is 11.2 Å². The average Bonchev–Trinajstić information content (AvgIpc) is 2.43. The van der Waals surface area contributed by atoms with Crippen molar-refractivity contribution < 1.29 is 4.21 Å². The molecule has 1 aliphatic heterocycles. The molecule has 1 aliphatic rings. The van der Waals surface area contributed by atoms with E-state index in [1.165, 1.54) is 0 Å². The number of nitrogens with one attached hydrogen (secondary N) is 1. The Morgan fingerprint density at radius 2 is 2.00 bits per heavy atom. The number of hydrogen-bond donors (Lipinski definition) is 1. The number of nitrogens with zero attached hydrogens (tertiary/aromatic N) is 2. The van der Waals surface area contributed by atoms with E-state index in [1.807, 2.05) is 22.7 Å². The van der Waals surface area contributed by atoms with Crippen LogP contribution in [-0.2, 0) is 11.2 Å². The highest BCUT2D eigenvalue weighted by Gasteiger charge is 2.31. The van der Waals surface area contributed by atoms with Gasteiger partial charge in [-0.15, -0.1) is 0 Å². The lowest BCUT2D eigenvalue weighted by Gasteiger charge is -2.32. The maximum Gasteiger partial charge on any atom is 0.172 e. The first-order valence-corrected chi connectivity index (χ1v) is 6.48. The Kier molecular flexibility index (Phi) is 4.29. The van der Waals surface area contributed by atoms with E-state index in [0.29, 0.717) is 6.04 Å². The van der Waals surface area contributed by atoms with Crippen LogP contribution in [0.15, 0.2) is 0 Å². The van der Waals surface area contributed by atoms with E-state index in [1.54, 1.807) is 0 Å². The van der Waals surface area contributed by atoms with Crippen LogP contribution in [0.2, 0.25) is 0 Å². The molecule has 0 radical (unpaired) electrons. The van der Waals surface area contributed by atoms with Crippen LogP contribution in [0.5, 0.6) is 0 Å². The van der Waals surface area contributed by atoms with E-state index < -0.39 is 11.2 Å². The number of hydrogen-bond acceptors (Lipinski definition) is 2. The van der Waals surface area contributed by atoms with Gasteiger partial charge in [0.15, 0.2) is 11.2 Å². The molecule has 0 aliphatic carbocycles. The molecule has 5 heteroatoms. The molecule has 0 aromatic heterocycles. The number of rotatable bonds is 3. The molecular formula is C10H23N3OS. The normalized spacial score (nSPS) is 27.1. The molecule has 1 N–H and O–H groups in total. The van der Waals surface area contributed by atoms with Gasteiger partial charge >= 0.3 is 0 Å². The van der Waals surface area contributed by atoms with Gasteiger partial charge in [0.05, 0.1) is 0 Å². The Morgan fingerprint density at radius 1 is 1.40 bits per heavy atom. The van der Waals surface area contributed by atoms with Gasteiger partial charge in [0.25, 0.3) is 0 Å². The molecule has 15 heavy (non-hydrogen) atoms. The second-order valence-electron chi connectivity index (χ2n) is 5.18. The van der Waals surface area contributed by atoms with E-state index in [0.717, 1.165) is 19.6 Å². The average molecular weight is 233 g/mol. The first kappa shape index (κ1) is 13.1. The van der Waals surface area contributed by atoms with Gasteiger partial charge in [-0.25, -0.2) is 12.8 Å². The minimum atomic E-state index is -0.936. The van der Waals surface area contributed by atoms with Crippen LogP contribution in [0.3, 0.4) is 0 Å². The molecule has 0 aromatic carbocycles. The zero-order valence-electron chi connectivity index (χ0n) is 10.4. The summed E-state index contributed by atoms with van der Waals surface area (Å²) in [6.45, 7) is 9.26. The molecule has 0 bridgehead atoms. The van der Waals surface area contributed by atoms with Gasteiger partial charge in [-0.1, -0.05) is 20.8 Å². The maximum atomic E-state index is 11.8. The summed E-state index contributed by atoms with van der Waals surface area (Å²) in [5.41, 5.74) is 0.195. The van der Waals surface area contributed by atoms with Crippen LogP contribution >= 0.6 is 0 Å². The summed E-state index contributed by atoms with van der Waals surface area (Å²) in [6, 6.07) is 0.368. The smallest absolute Gasteiger partial charge is 0.172 e. The number of likely N-dealkylation sites (N-methyl/N-ethyl adjacent to an activating group) is 2. The fraction of sp³-hybridized carbons (Fsp3) is 1.00. The fourth-order valence-electron chi connectivity index (χ4n) is 1.76. The van der Waals surface area contributed by atoms with Gasteiger partial charge < -0.3 is 5.32 Å². The lowest BCUT2D eigenvalue weighted by molar-refractivity contribution is 0.243. The zero-order chi connectivity index (χ0) is 11.6. The first-order chi connectivity index (χ1) is 6.86. The molecule has 1 unspecified atom stereocenters. The Bertz CT molecular complexity index is 239. The summed E-state index contributed by atoms with van der Waals surface area (Å²) in [5.74, 6) is 0. The van der Waals surface area contributed by atoms with Crippen LogP contribution in [0.4, 0.5) is 0 Å². The highest BCUT2D eigenvalue weighted by molar-refractivity contribution is 7.80. The minimum Gasteiger partial charge on any atom is -0.315 e. The van der Waals surface area contributed by atoms with Gasteiger partial charge in [-0.05, 0) is 12.5 Å². The van der Waals surface area contributed by atoms with Gasteiger partial charge in [0.2, 0.25) is 0 Å². The fourth-order valence-corrected chi connectivity index (χ4v) is 2.91. The largest absolute Gasteiger partial charge is 0.315 e. The molecule has 0 saturated carbocycles. The van der Waals surface area contributed by atoms with Gasteiger partial charge in [-0.2, -0.15) is 0 Å². The molecule has 2 atom stereocenters. The maximum absolute atomic E-state index is 11.8. The molecule has 90 valence electrons. The lowest BCUT2D eigenvalue weighted by atomic mass is 9.87. The van der Waals surface area contributed by atoms with Crippen molar-refractivity contribution in [2.24, 2.45) is 5.41 Å². The van der Waals surface area contributed by atoms with Crippen molar-refractivity contribution in [1.82, 2.24) is 13.9 Å². The van der Waals surface area contributed by atoms with E-state index in [9.17, 15) is 4.21 Å². The molecule has 4 nitrogen and oxygen atoms in total. The van der Waals surface area contributed by atoms with Crippen molar-refractivity contribution in [3.63, 3.8) is 0 Å². The van der Waals surface area contributed by atoms with Crippen molar-refractivity contribution in [1.29, 1.82) is 0 Å². The van der Waals surface area contributed by atoms with E-state index >= 15 is 0 Å². The van der Waals surface area contributed by atoms with E-state index in [-0.39, 0.29) is 5.41 Å². The summed E-state index contributed by atoms with van der Waals surface area (Å²) in [5, 5.41) is 3.31. The van der Waals surface area contributed by atoms with Crippen LogP contribution in [-0.4, -0.2) is 52.6 Å². The van der Waals surface area contributed by atoms with Gasteiger partial charge in [0, 0.05) is 32.7 Å². The molecule has 0 spiro atoms. The molecule has 0 amide bonds. The monoisotopic (exact) mass is 233 g/mol. The van der Waals surface area contributed by atoms with Crippen LogP contribution < -0.4 is 5.32 Å². The van der Waals surface area contributed by atoms with E-state index in [4.69, 9.17) is 0 Å². The highest BCUT2D eigenvalue weighted by Crippen LogP contribution is 2.21. The van der Waals surface area contributed by atoms with Crippen LogP contribution in [0.1, 0.15) is 20.8 Å². The summed E-state index contributed by atoms with van der Waals surface area (Å²) >= 11 is -0.936. The third-order valence-corrected chi connectivity index (χ3v) is 4.42. The Labute approximate surface area is 95.7 Å². The van der Waals surface area contributed by atoms with Crippen molar-refractivity contribution in [3.8, 4) is 0 Å². The quantitative estimate of drug-likeness (QED) is 0.768. The lowest BCUT2D eigenvalue weighted by Crippen LogP contribution is -2.47. The Balaban J connectivity index is 2.57. The molecule has 1 heterocycles. The second-order valence-corrected chi connectivity index (χ2v) is 6.78.